The van der Waals surface area contributed by atoms with Crippen molar-refractivity contribution in [3.05, 3.63) is 0 Å². The van der Waals surface area contributed by atoms with Gasteiger partial charge in [0.1, 0.15) is 0 Å². The molecule has 0 aliphatic rings. The van der Waals surface area contributed by atoms with Gasteiger partial charge in [-0.2, -0.15) is 37.9 Å². The van der Waals surface area contributed by atoms with Crippen molar-refractivity contribution in [2.45, 2.75) is 31.4 Å². The fourth-order valence-corrected chi connectivity index (χ4v) is 1.95. The van der Waals surface area contributed by atoms with Crippen LogP contribution in [0.2, 0.25) is 0 Å². The van der Waals surface area contributed by atoms with Gasteiger partial charge in [0.05, 0.1) is 0 Å². The van der Waals surface area contributed by atoms with Crippen LogP contribution in [0, 0.1) is 5.92 Å². The van der Waals surface area contributed by atoms with Crippen LogP contribution in [0.15, 0.2) is 0 Å². The van der Waals surface area contributed by atoms with Crippen molar-refractivity contribution in [2.24, 2.45) is 5.92 Å². The van der Waals surface area contributed by atoms with Crippen LogP contribution in [-0.2, 0) is 0 Å². The van der Waals surface area contributed by atoms with Crippen LogP contribution in [0.1, 0.15) is 26.2 Å². The predicted molar refractivity (Wildman–Crippen MR) is 63.5 cm³/mol. The molecule has 0 nitrogen and oxygen atoms in total. The maximum Gasteiger partial charge on any atom is -0.00116 e. The monoisotopic (exact) mass is 210 g/mol. The Labute approximate surface area is 86.8 Å². The molecule has 0 aromatic carbocycles. The molecule has 0 rings (SSSR count). The van der Waals surface area contributed by atoms with Crippen LogP contribution in [0.3, 0.4) is 0 Å². The molecular weight excluding hydrogens is 192 g/mol. The zero-order chi connectivity index (χ0) is 8.69. The highest BCUT2D eigenvalue weighted by Gasteiger charge is 2.04. The number of rotatable bonds is 6. The van der Waals surface area contributed by atoms with Gasteiger partial charge in [-0.05, 0) is 35.5 Å². The SMILES string of the molecule is CC(S)CCCC(CS)CS. The van der Waals surface area contributed by atoms with Crippen molar-refractivity contribution >= 4 is 37.9 Å². The predicted octanol–water partition coefficient (Wildman–Crippen LogP) is 2.95. The molecule has 68 valence electrons. The van der Waals surface area contributed by atoms with Gasteiger partial charge in [-0.15, -0.1) is 0 Å². The molecule has 0 fully saturated rings. The lowest BCUT2D eigenvalue weighted by Gasteiger charge is -2.11. The van der Waals surface area contributed by atoms with Crippen molar-refractivity contribution in [1.29, 1.82) is 0 Å². The van der Waals surface area contributed by atoms with Gasteiger partial charge >= 0.3 is 0 Å². The van der Waals surface area contributed by atoms with Crippen LogP contribution in [-0.4, -0.2) is 16.8 Å². The van der Waals surface area contributed by atoms with Gasteiger partial charge in [0, 0.05) is 0 Å². The summed E-state index contributed by atoms with van der Waals surface area (Å²) >= 11 is 12.8. The molecular formula is C8H18S3. The van der Waals surface area contributed by atoms with Crippen molar-refractivity contribution in [3.8, 4) is 0 Å². The molecule has 0 aliphatic carbocycles. The topological polar surface area (TPSA) is 0 Å². The Bertz CT molecular complexity index is 79.4. The first kappa shape index (κ1) is 12.0. The second kappa shape index (κ2) is 7.69. The summed E-state index contributed by atoms with van der Waals surface area (Å²) in [5.74, 6) is 2.61. The van der Waals surface area contributed by atoms with Crippen LogP contribution in [0.4, 0.5) is 0 Å². The van der Waals surface area contributed by atoms with E-state index in [1.54, 1.807) is 0 Å². The molecule has 0 aromatic rings. The van der Waals surface area contributed by atoms with E-state index in [1.807, 2.05) is 0 Å². The summed E-state index contributed by atoms with van der Waals surface area (Å²) in [7, 11) is 0. The summed E-state index contributed by atoms with van der Waals surface area (Å²) < 4.78 is 0. The lowest BCUT2D eigenvalue weighted by molar-refractivity contribution is 0.554. The average molecular weight is 210 g/mol. The minimum atomic E-state index is 0.537. The fourth-order valence-electron chi connectivity index (χ4n) is 0.942. The molecule has 3 heteroatoms. The van der Waals surface area contributed by atoms with Gasteiger partial charge in [0.15, 0.2) is 0 Å². The van der Waals surface area contributed by atoms with E-state index >= 15 is 0 Å². The Kier molecular flexibility index (Phi) is 8.42. The van der Waals surface area contributed by atoms with E-state index in [0.29, 0.717) is 11.2 Å². The normalized spacial score (nSPS) is 13.9. The quantitative estimate of drug-likeness (QED) is 0.552. The third-order valence-electron chi connectivity index (χ3n) is 1.75. The van der Waals surface area contributed by atoms with Crippen LogP contribution >= 0.6 is 37.9 Å². The molecule has 0 saturated heterocycles. The summed E-state index contributed by atoms with van der Waals surface area (Å²) in [6.45, 7) is 2.14. The number of hydrogen-bond acceptors (Lipinski definition) is 3. The highest BCUT2D eigenvalue weighted by Crippen LogP contribution is 2.14. The van der Waals surface area contributed by atoms with Gasteiger partial charge in [-0.25, -0.2) is 0 Å². The Balaban J connectivity index is 3.21. The molecule has 0 saturated carbocycles. The zero-order valence-corrected chi connectivity index (χ0v) is 9.72. The Morgan fingerprint density at radius 1 is 1.09 bits per heavy atom. The van der Waals surface area contributed by atoms with E-state index < -0.39 is 0 Å². The maximum atomic E-state index is 4.32. The Hall–Kier alpha value is 1.05. The van der Waals surface area contributed by atoms with Crippen molar-refractivity contribution in [1.82, 2.24) is 0 Å². The highest BCUT2D eigenvalue weighted by molar-refractivity contribution is 7.81. The molecule has 0 aromatic heterocycles. The molecule has 0 amide bonds. The molecule has 0 heterocycles. The maximum absolute atomic E-state index is 4.32. The third-order valence-corrected chi connectivity index (χ3v) is 3.04. The molecule has 0 aliphatic heterocycles. The van der Waals surface area contributed by atoms with Gasteiger partial charge in [0.2, 0.25) is 0 Å². The summed E-state index contributed by atoms with van der Waals surface area (Å²) in [6.07, 6.45) is 3.72. The van der Waals surface area contributed by atoms with Crippen molar-refractivity contribution in [2.75, 3.05) is 11.5 Å². The Morgan fingerprint density at radius 2 is 1.64 bits per heavy atom. The minimum absolute atomic E-state index is 0.537. The van der Waals surface area contributed by atoms with Crippen LogP contribution in [0.25, 0.3) is 0 Å². The van der Waals surface area contributed by atoms with Crippen LogP contribution in [0.5, 0.6) is 0 Å². The first-order valence-corrected chi connectivity index (χ1v) is 5.88. The van der Waals surface area contributed by atoms with E-state index in [1.165, 1.54) is 19.3 Å². The van der Waals surface area contributed by atoms with Gasteiger partial charge in [-0.3, -0.25) is 0 Å². The van der Waals surface area contributed by atoms with Gasteiger partial charge < -0.3 is 0 Å². The third kappa shape index (κ3) is 7.41. The molecule has 1 atom stereocenters. The second-order valence-electron chi connectivity index (χ2n) is 3.01. The van der Waals surface area contributed by atoms with Gasteiger partial charge in [0.25, 0.3) is 0 Å². The lowest BCUT2D eigenvalue weighted by atomic mass is 10.1. The number of thiol groups is 3. The van der Waals surface area contributed by atoms with Crippen molar-refractivity contribution < 1.29 is 0 Å². The summed E-state index contributed by atoms with van der Waals surface area (Å²) in [5, 5.41) is 0.537. The van der Waals surface area contributed by atoms with Crippen LogP contribution < -0.4 is 0 Å². The molecule has 0 radical (unpaired) electrons. The summed E-state index contributed by atoms with van der Waals surface area (Å²) in [4.78, 5) is 0. The Morgan fingerprint density at radius 3 is 2.00 bits per heavy atom. The van der Waals surface area contributed by atoms with Crippen molar-refractivity contribution in [3.63, 3.8) is 0 Å². The first-order chi connectivity index (χ1) is 5.20. The lowest BCUT2D eigenvalue weighted by Crippen LogP contribution is -2.05. The van der Waals surface area contributed by atoms with E-state index in [2.05, 4.69) is 44.8 Å². The first-order valence-electron chi connectivity index (χ1n) is 4.10. The standard InChI is InChI=1S/C8H18S3/c1-7(11)3-2-4-8(5-9)6-10/h7-11H,2-6H2,1H3. The van der Waals surface area contributed by atoms with E-state index in [4.69, 9.17) is 0 Å². The summed E-state index contributed by atoms with van der Waals surface area (Å²) in [6, 6.07) is 0. The minimum Gasteiger partial charge on any atom is -0.179 e. The smallest absolute Gasteiger partial charge is 0.00116 e. The highest BCUT2D eigenvalue weighted by atomic mass is 32.1. The molecule has 0 N–H and O–H groups in total. The summed E-state index contributed by atoms with van der Waals surface area (Å²) in [5.41, 5.74) is 0. The molecule has 11 heavy (non-hydrogen) atoms. The largest absolute Gasteiger partial charge is 0.179 e. The van der Waals surface area contributed by atoms with E-state index in [0.717, 1.165) is 11.5 Å². The molecule has 0 bridgehead atoms. The second-order valence-corrected chi connectivity index (χ2v) is 4.62. The number of hydrogen-bond donors (Lipinski definition) is 3. The molecule has 0 spiro atoms. The average Bonchev–Trinajstić information content (AvgIpc) is 1.98. The van der Waals surface area contributed by atoms with E-state index in [-0.39, 0.29) is 0 Å². The van der Waals surface area contributed by atoms with Gasteiger partial charge in [-0.1, -0.05) is 13.3 Å². The van der Waals surface area contributed by atoms with E-state index in [9.17, 15) is 0 Å². The fraction of sp³-hybridized carbons (Fsp3) is 1.00. The molecule has 1 unspecified atom stereocenters. The zero-order valence-electron chi connectivity index (χ0n) is 7.03.